The van der Waals surface area contributed by atoms with Crippen molar-refractivity contribution in [3.8, 4) is 0 Å². The fourth-order valence-electron chi connectivity index (χ4n) is 2.67. The zero-order chi connectivity index (χ0) is 12.5. The summed E-state index contributed by atoms with van der Waals surface area (Å²) >= 11 is 0. The molecule has 1 aromatic carbocycles. The van der Waals surface area contributed by atoms with Crippen LogP contribution in [0.4, 0.5) is 4.39 Å². The molecule has 2 nitrogen and oxygen atoms in total. The molecule has 0 spiro atoms. The number of benzene rings is 1. The molecule has 18 heavy (non-hydrogen) atoms. The second-order valence-corrected chi connectivity index (χ2v) is 4.90. The van der Waals surface area contributed by atoms with E-state index in [0.717, 1.165) is 19.6 Å². The maximum Gasteiger partial charge on any atom is 0.123 e. The van der Waals surface area contributed by atoms with Crippen molar-refractivity contribution >= 4 is 0 Å². The van der Waals surface area contributed by atoms with Crippen molar-refractivity contribution < 1.29 is 4.39 Å². The third kappa shape index (κ3) is 2.06. The van der Waals surface area contributed by atoms with Crippen molar-refractivity contribution in [1.82, 2.24) is 9.47 Å². The monoisotopic (exact) mass is 244 g/mol. The summed E-state index contributed by atoms with van der Waals surface area (Å²) in [5.74, 6) is -0.167. The third-order valence-electron chi connectivity index (χ3n) is 3.77. The highest BCUT2D eigenvalue weighted by molar-refractivity contribution is 5.18. The first-order valence-corrected chi connectivity index (χ1v) is 6.37. The number of rotatable bonds is 2. The van der Waals surface area contributed by atoms with E-state index in [0.29, 0.717) is 6.04 Å². The molecular weight excluding hydrogens is 227 g/mol. The summed E-state index contributed by atoms with van der Waals surface area (Å²) in [5, 5.41) is 0. The Morgan fingerprint density at radius 1 is 1.17 bits per heavy atom. The van der Waals surface area contributed by atoms with Gasteiger partial charge in [-0.25, -0.2) is 4.39 Å². The van der Waals surface area contributed by atoms with E-state index in [4.69, 9.17) is 0 Å². The van der Waals surface area contributed by atoms with E-state index in [9.17, 15) is 4.39 Å². The highest BCUT2D eigenvalue weighted by Crippen LogP contribution is 2.26. The second-order valence-electron chi connectivity index (χ2n) is 4.90. The Hall–Kier alpha value is -1.61. The molecule has 1 atom stereocenters. The first-order chi connectivity index (χ1) is 8.74. The molecule has 1 aromatic heterocycles. The van der Waals surface area contributed by atoms with Gasteiger partial charge in [0, 0.05) is 37.6 Å². The van der Waals surface area contributed by atoms with E-state index in [-0.39, 0.29) is 5.82 Å². The minimum atomic E-state index is -0.167. The number of fused-ring (bicyclic) bond motifs is 1. The lowest BCUT2D eigenvalue weighted by molar-refractivity contribution is 0.161. The molecule has 0 amide bonds. The van der Waals surface area contributed by atoms with Crippen LogP contribution in [0.2, 0.25) is 0 Å². The lowest BCUT2D eigenvalue weighted by atomic mass is 10.1. The Labute approximate surface area is 107 Å². The van der Waals surface area contributed by atoms with Crippen LogP contribution in [0.25, 0.3) is 0 Å². The highest BCUT2D eigenvalue weighted by atomic mass is 19.1. The van der Waals surface area contributed by atoms with Gasteiger partial charge in [-0.2, -0.15) is 0 Å². The van der Waals surface area contributed by atoms with E-state index in [1.54, 1.807) is 0 Å². The largest absolute Gasteiger partial charge is 0.349 e. The van der Waals surface area contributed by atoms with Crippen LogP contribution in [0, 0.1) is 5.82 Å². The summed E-state index contributed by atoms with van der Waals surface area (Å²) in [6, 6.07) is 11.5. The van der Waals surface area contributed by atoms with Crippen molar-refractivity contribution in [2.75, 3.05) is 6.54 Å². The van der Waals surface area contributed by atoms with Crippen LogP contribution in [0.5, 0.6) is 0 Å². The van der Waals surface area contributed by atoms with Crippen LogP contribution < -0.4 is 0 Å². The normalized spacial score (nSPS) is 19.8. The number of nitrogens with zero attached hydrogens (tertiary/aromatic N) is 2. The number of hydrogen-bond acceptors (Lipinski definition) is 1. The fraction of sp³-hybridized carbons (Fsp3) is 0.333. The first kappa shape index (κ1) is 11.5. The molecule has 0 saturated carbocycles. The van der Waals surface area contributed by atoms with Gasteiger partial charge in [-0.05, 0) is 36.8 Å². The molecule has 0 N–H and O–H groups in total. The van der Waals surface area contributed by atoms with E-state index in [1.165, 1.54) is 23.4 Å². The molecule has 3 rings (SSSR count). The predicted molar refractivity (Wildman–Crippen MR) is 69.7 cm³/mol. The van der Waals surface area contributed by atoms with Crippen molar-refractivity contribution in [1.29, 1.82) is 0 Å². The minimum Gasteiger partial charge on any atom is -0.349 e. The Balaban J connectivity index is 1.77. The van der Waals surface area contributed by atoms with Gasteiger partial charge in [0.1, 0.15) is 5.82 Å². The minimum absolute atomic E-state index is 0.167. The predicted octanol–water partition coefficient (Wildman–Crippen LogP) is 3.20. The molecule has 94 valence electrons. The average molecular weight is 244 g/mol. The first-order valence-electron chi connectivity index (χ1n) is 6.37. The number of halogens is 1. The van der Waals surface area contributed by atoms with Crippen LogP contribution in [0.1, 0.15) is 24.2 Å². The highest BCUT2D eigenvalue weighted by Gasteiger charge is 2.23. The van der Waals surface area contributed by atoms with Crippen LogP contribution in [-0.4, -0.2) is 16.0 Å². The van der Waals surface area contributed by atoms with Crippen LogP contribution in [-0.2, 0) is 13.1 Å². The summed E-state index contributed by atoms with van der Waals surface area (Å²) in [6.07, 6.45) is 2.14. The topological polar surface area (TPSA) is 8.17 Å². The molecule has 2 aromatic rings. The maximum atomic E-state index is 12.9. The van der Waals surface area contributed by atoms with Gasteiger partial charge in [-0.15, -0.1) is 0 Å². The van der Waals surface area contributed by atoms with Crippen molar-refractivity contribution in [3.05, 3.63) is 59.7 Å². The molecule has 0 bridgehead atoms. The summed E-state index contributed by atoms with van der Waals surface area (Å²) in [7, 11) is 0. The smallest absolute Gasteiger partial charge is 0.123 e. The molecule has 1 aliphatic heterocycles. The van der Waals surface area contributed by atoms with Gasteiger partial charge in [-0.3, -0.25) is 4.90 Å². The van der Waals surface area contributed by atoms with Crippen molar-refractivity contribution in [2.45, 2.75) is 26.1 Å². The average Bonchev–Trinajstić information content (AvgIpc) is 2.84. The Morgan fingerprint density at radius 3 is 2.72 bits per heavy atom. The summed E-state index contributed by atoms with van der Waals surface area (Å²) < 4.78 is 15.2. The molecule has 2 heterocycles. The summed E-state index contributed by atoms with van der Waals surface area (Å²) in [6.45, 7) is 5.19. The second kappa shape index (κ2) is 4.58. The van der Waals surface area contributed by atoms with Crippen LogP contribution in [0.3, 0.4) is 0 Å². The zero-order valence-electron chi connectivity index (χ0n) is 10.5. The molecule has 0 fully saturated rings. The molecule has 3 heteroatoms. The Morgan fingerprint density at radius 2 is 1.94 bits per heavy atom. The Kier molecular flexibility index (Phi) is 2.92. The number of aromatic nitrogens is 1. The van der Waals surface area contributed by atoms with Crippen LogP contribution >= 0.6 is 0 Å². The van der Waals surface area contributed by atoms with Crippen LogP contribution in [0.15, 0.2) is 42.6 Å². The van der Waals surface area contributed by atoms with E-state index in [2.05, 4.69) is 34.7 Å². The fourth-order valence-corrected chi connectivity index (χ4v) is 2.67. The van der Waals surface area contributed by atoms with Crippen molar-refractivity contribution in [3.63, 3.8) is 0 Å². The zero-order valence-corrected chi connectivity index (χ0v) is 10.5. The van der Waals surface area contributed by atoms with E-state index < -0.39 is 0 Å². The van der Waals surface area contributed by atoms with Gasteiger partial charge in [0.25, 0.3) is 0 Å². The third-order valence-corrected chi connectivity index (χ3v) is 3.77. The molecule has 0 aliphatic carbocycles. The van der Waals surface area contributed by atoms with Gasteiger partial charge in [0.2, 0.25) is 0 Å². The lowest BCUT2D eigenvalue weighted by Crippen LogP contribution is -2.35. The van der Waals surface area contributed by atoms with Gasteiger partial charge >= 0.3 is 0 Å². The van der Waals surface area contributed by atoms with Gasteiger partial charge in [0.15, 0.2) is 0 Å². The standard InChI is InChI=1S/C15H17FN2/c1-12-15-3-2-8-17(15)9-10-18(12)11-13-4-6-14(16)7-5-13/h2-8,12H,9-11H2,1H3. The van der Waals surface area contributed by atoms with Gasteiger partial charge < -0.3 is 4.57 Å². The molecular formula is C15H17FN2. The SMILES string of the molecule is CC1c2cccn2CCN1Cc1ccc(F)cc1. The quantitative estimate of drug-likeness (QED) is 0.787. The maximum absolute atomic E-state index is 12.9. The summed E-state index contributed by atoms with van der Waals surface area (Å²) in [5.41, 5.74) is 2.53. The van der Waals surface area contributed by atoms with Gasteiger partial charge in [-0.1, -0.05) is 12.1 Å². The van der Waals surface area contributed by atoms with Crippen molar-refractivity contribution in [2.24, 2.45) is 0 Å². The molecule has 0 radical (unpaired) electrons. The summed E-state index contributed by atoms with van der Waals surface area (Å²) in [4.78, 5) is 2.43. The lowest BCUT2D eigenvalue weighted by Gasteiger charge is -2.34. The van der Waals surface area contributed by atoms with Gasteiger partial charge in [0.05, 0.1) is 0 Å². The number of hydrogen-bond donors (Lipinski definition) is 0. The molecule has 1 aliphatic rings. The van der Waals surface area contributed by atoms with E-state index >= 15 is 0 Å². The van der Waals surface area contributed by atoms with E-state index in [1.807, 2.05) is 12.1 Å². The molecule has 0 saturated heterocycles. The Bertz CT molecular complexity index is 530. The molecule has 1 unspecified atom stereocenters.